The van der Waals surface area contributed by atoms with E-state index in [1.54, 1.807) is 0 Å². The van der Waals surface area contributed by atoms with Gasteiger partial charge in [0.05, 0.1) is 18.5 Å². The second kappa shape index (κ2) is 7.27. The number of nitrogens with one attached hydrogen (secondary N) is 1. The van der Waals surface area contributed by atoms with Crippen LogP contribution >= 0.6 is 0 Å². The van der Waals surface area contributed by atoms with E-state index in [1.807, 2.05) is 30.3 Å². The molecule has 19 heavy (non-hydrogen) atoms. The summed E-state index contributed by atoms with van der Waals surface area (Å²) < 4.78 is 0. The van der Waals surface area contributed by atoms with Gasteiger partial charge in [-0.15, -0.1) is 0 Å². The van der Waals surface area contributed by atoms with Crippen molar-refractivity contribution in [1.29, 1.82) is 0 Å². The summed E-state index contributed by atoms with van der Waals surface area (Å²) in [4.78, 5) is 32.9. The fraction of sp³-hybridized carbons (Fsp3) is 0.308. The van der Waals surface area contributed by atoms with Gasteiger partial charge in [-0.25, -0.2) is 0 Å². The van der Waals surface area contributed by atoms with Gasteiger partial charge in [0.15, 0.2) is 0 Å². The summed E-state index contributed by atoms with van der Waals surface area (Å²) in [6.45, 7) is 0. The van der Waals surface area contributed by atoms with Crippen molar-refractivity contribution in [1.82, 2.24) is 5.32 Å². The smallest absolute Gasteiger partial charge is 0.305 e. The summed E-state index contributed by atoms with van der Waals surface area (Å²) in [7, 11) is 0. The second-order valence-corrected chi connectivity index (χ2v) is 4.15. The van der Waals surface area contributed by atoms with Crippen molar-refractivity contribution < 1.29 is 19.5 Å². The predicted octanol–water partition coefficient (Wildman–Crippen LogP) is -0.285. The highest BCUT2D eigenvalue weighted by Crippen LogP contribution is 2.02. The van der Waals surface area contributed by atoms with Gasteiger partial charge in [-0.05, 0) is 12.0 Å². The van der Waals surface area contributed by atoms with Crippen molar-refractivity contribution in [3.8, 4) is 0 Å². The Morgan fingerprint density at radius 2 is 1.95 bits per heavy atom. The Labute approximate surface area is 110 Å². The molecule has 1 amide bonds. The molecule has 6 nitrogen and oxygen atoms in total. The molecule has 0 bridgehead atoms. The minimum atomic E-state index is -1.16. The number of carbonyl (C=O) groups excluding carboxylic acids is 2. The van der Waals surface area contributed by atoms with E-state index in [4.69, 9.17) is 10.8 Å². The fourth-order valence-corrected chi connectivity index (χ4v) is 1.57. The van der Waals surface area contributed by atoms with Gasteiger partial charge in [-0.2, -0.15) is 0 Å². The zero-order valence-electron chi connectivity index (χ0n) is 10.3. The number of carboxylic acid groups (broad SMARTS) is 1. The normalized spacial score (nSPS) is 13.3. The van der Waals surface area contributed by atoms with Crippen molar-refractivity contribution in [2.75, 3.05) is 0 Å². The van der Waals surface area contributed by atoms with Gasteiger partial charge >= 0.3 is 5.97 Å². The minimum Gasteiger partial charge on any atom is -0.481 e. The largest absolute Gasteiger partial charge is 0.481 e. The summed E-state index contributed by atoms with van der Waals surface area (Å²) in [5, 5.41) is 11.0. The topological polar surface area (TPSA) is 109 Å². The van der Waals surface area contributed by atoms with E-state index in [-0.39, 0.29) is 0 Å². The number of hydrogen-bond donors (Lipinski definition) is 3. The summed E-state index contributed by atoms with van der Waals surface area (Å²) in [5.74, 6) is -1.80. The van der Waals surface area contributed by atoms with E-state index in [1.165, 1.54) is 0 Å². The molecule has 0 aliphatic rings. The number of amides is 1. The van der Waals surface area contributed by atoms with Crippen molar-refractivity contribution in [3.63, 3.8) is 0 Å². The molecule has 0 radical (unpaired) electrons. The van der Waals surface area contributed by atoms with E-state index < -0.39 is 30.4 Å². The SMILES string of the molecule is N[C@H](CC(=O)O)C(=O)N[C@H](C=O)Cc1ccccc1. The lowest BCUT2D eigenvalue weighted by atomic mass is 10.1. The van der Waals surface area contributed by atoms with Crippen LogP contribution in [0.25, 0.3) is 0 Å². The van der Waals surface area contributed by atoms with E-state index in [0.29, 0.717) is 12.7 Å². The molecule has 0 aliphatic carbocycles. The molecule has 1 aromatic rings. The minimum absolute atomic E-state index is 0.343. The highest BCUT2D eigenvalue weighted by atomic mass is 16.4. The van der Waals surface area contributed by atoms with Crippen LogP contribution in [0.4, 0.5) is 0 Å². The van der Waals surface area contributed by atoms with Crippen LogP contribution in [0.3, 0.4) is 0 Å². The maximum atomic E-state index is 11.6. The molecular weight excluding hydrogens is 248 g/mol. The van der Waals surface area contributed by atoms with Crippen LogP contribution in [0.15, 0.2) is 30.3 Å². The lowest BCUT2D eigenvalue weighted by Crippen LogP contribution is -2.47. The van der Waals surface area contributed by atoms with Gasteiger partial charge in [-0.3, -0.25) is 9.59 Å². The first-order valence-corrected chi connectivity index (χ1v) is 5.80. The lowest BCUT2D eigenvalue weighted by Gasteiger charge is -2.15. The third-order valence-electron chi connectivity index (χ3n) is 2.52. The Bertz CT molecular complexity index is 447. The van der Waals surface area contributed by atoms with Gasteiger partial charge in [0, 0.05) is 0 Å². The van der Waals surface area contributed by atoms with Crippen LogP contribution in [0.2, 0.25) is 0 Å². The lowest BCUT2D eigenvalue weighted by molar-refractivity contribution is -0.139. The summed E-state index contributed by atoms with van der Waals surface area (Å²) in [5.41, 5.74) is 6.30. The average Bonchev–Trinajstić information content (AvgIpc) is 2.38. The Morgan fingerprint density at radius 1 is 1.32 bits per heavy atom. The van der Waals surface area contributed by atoms with Crippen LogP contribution in [0.1, 0.15) is 12.0 Å². The van der Waals surface area contributed by atoms with Crippen LogP contribution < -0.4 is 11.1 Å². The molecule has 0 spiro atoms. The molecule has 1 rings (SSSR count). The molecule has 0 saturated carbocycles. The van der Waals surface area contributed by atoms with Crippen molar-refractivity contribution in [2.45, 2.75) is 24.9 Å². The van der Waals surface area contributed by atoms with Crippen molar-refractivity contribution in [2.24, 2.45) is 5.73 Å². The first kappa shape index (κ1) is 14.8. The van der Waals surface area contributed by atoms with Crippen LogP contribution in [0, 0.1) is 0 Å². The standard InChI is InChI=1S/C13H16N2O4/c14-11(7-12(17)18)13(19)15-10(8-16)6-9-4-2-1-3-5-9/h1-5,8,10-11H,6-7,14H2,(H,15,19)(H,17,18)/t10-,11+/m0/s1. The van der Waals surface area contributed by atoms with Gasteiger partial charge in [0.25, 0.3) is 0 Å². The monoisotopic (exact) mass is 264 g/mol. The van der Waals surface area contributed by atoms with Gasteiger partial charge in [-0.1, -0.05) is 30.3 Å². The Kier molecular flexibility index (Phi) is 5.69. The summed E-state index contributed by atoms with van der Waals surface area (Å²) >= 11 is 0. The van der Waals surface area contributed by atoms with Crippen LogP contribution in [-0.4, -0.2) is 35.4 Å². The number of aldehydes is 1. The number of aliphatic carboxylic acids is 1. The van der Waals surface area contributed by atoms with Gasteiger partial charge in [0.1, 0.15) is 6.29 Å². The quantitative estimate of drug-likeness (QED) is 0.586. The van der Waals surface area contributed by atoms with E-state index >= 15 is 0 Å². The number of rotatable bonds is 7. The number of benzene rings is 1. The second-order valence-electron chi connectivity index (χ2n) is 4.15. The third kappa shape index (κ3) is 5.31. The zero-order chi connectivity index (χ0) is 14.3. The molecule has 4 N–H and O–H groups in total. The van der Waals surface area contributed by atoms with Crippen LogP contribution in [0.5, 0.6) is 0 Å². The maximum absolute atomic E-state index is 11.6. The molecule has 0 aliphatic heterocycles. The van der Waals surface area contributed by atoms with Crippen molar-refractivity contribution in [3.05, 3.63) is 35.9 Å². The molecule has 1 aromatic carbocycles. The molecular formula is C13H16N2O4. The first-order chi connectivity index (χ1) is 9.02. The molecule has 0 aromatic heterocycles. The Morgan fingerprint density at radius 3 is 2.47 bits per heavy atom. The molecule has 0 fully saturated rings. The summed E-state index contributed by atoms with van der Waals surface area (Å²) in [6.07, 6.45) is 0.483. The Balaban J connectivity index is 2.55. The molecule has 6 heteroatoms. The van der Waals surface area contributed by atoms with Crippen molar-refractivity contribution >= 4 is 18.2 Å². The molecule has 102 valence electrons. The number of hydrogen-bond acceptors (Lipinski definition) is 4. The summed E-state index contributed by atoms with van der Waals surface area (Å²) in [6, 6.07) is 7.30. The number of carboxylic acids is 1. The molecule has 0 saturated heterocycles. The van der Waals surface area contributed by atoms with Crippen LogP contribution in [-0.2, 0) is 20.8 Å². The van der Waals surface area contributed by atoms with E-state index in [2.05, 4.69) is 5.32 Å². The zero-order valence-corrected chi connectivity index (χ0v) is 10.3. The number of nitrogens with two attached hydrogens (primary N) is 1. The predicted molar refractivity (Wildman–Crippen MR) is 68.4 cm³/mol. The maximum Gasteiger partial charge on any atom is 0.305 e. The average molecular weight is 264 g/mol. The third-order valence-corrected chi connectivity index (χ3v) is 2.52. The van der Waals surface area contributed by atoms with E-state index in [0.717, 1.165) is 5.56 Å². The Hall–Kier alpha value is -2.21. The number of carbonyl (C=O) groups is 3. The molecule has 2 atom stereocenters. The van der Waals surface area contributed by atoms with Gasteiger partial charge in [0.2, 0.25) is 5.91 Å². The molecule has 0 unspecified atom stereocenters. The fourth-order valence-electron chi connectivity index (χ4n) is 1.57. The highest BCUT2D eigenvalue weighted by Gasteiger charge is 2.20. The van der Waals surface area contributed by atoms with Gasteiger partial charge < -0.3 is 21.0 Å². The molecule has 0 heterocycles. The first-order valence-electron chi connectivity index (χ1n) is 5.80. The highest BCUT2D eigenvalue weighted by molar-refractivity contribution is 5.87. The van der Waals surface area contributed by atoms with E-state index in [9.17, 15) is 14.4 Å².